The maximum absolute atomic E-state index is 14.7. The Balaban J connectivity index is 1.85. The first-order chi connectivity index (χ1) is 15.6. The zero-order valence-corrected chi connectivity index (χ0v) is 20.3. The fourth-order valence-corrected chi connectivity index (χ4v) is 4.45. The quantitative estimate of drug-likeness (QED) is 0.251. The van der Waals surface area contributed by atoms with Crippen LogP contribution in [-0.4, -0.2) is 17.8 Å². The molecule has 5 heteroatoms. The van der Waals surface area contributed by atoms with E-state index in [0.717, 1.165) is 19.3 Å². The van der Waals surface area contributed by atoms with Crippen molar-refractivity contribution in [3.05, 3.63) is 71.3 Å². The van der Waals surface area contributed by atoms with Crippen LogP contribution in [0, 0.1) is 23.5 Å². The second-order valence-corrected chi connectivity index (χ2v) is 9.49. The molecule has 0 aliphatic heterocycles. The first-order valence-electron chi connectivity index (χ1n) is 12.2. The van der Waals surface area contributed by atoms with Crippen molar-refractivity contribution in [1.82, 2.24) is 0 Å². The first kappa shape index (κ1) is 27.2. The number of benzene rings is 1. The van der Waals surface area contributed by atoms with E-state index in [2.05, 4.69) is 20.1 Å². The predicted molar refractivity (Wildman–Crippen MR) is 129 cm³/mol. The van der Waals surface area contributed by atoms with Gasteiger partial charge >= 0.3 is 0 Å². The summed E-state index contributed by atoms with van der Waals surface area (Å²) in [6, 6.07) is 3.43. The predicted octanol–water partition coefficient (Wildman–Crippen LogP) is 7.93. The zero-order chi connectivity index (χ0) is 24.5. The molecule has 184 valence electrons. The van der Waals surface area contributed by atoms with E-state index < -0.39 is 17.5 Å². The van der Waals surface area contributed by atoms with Crippen molar-refractivity contribution < 1.29 is 23.0 Å². The molecule has 2 atom stereocenters. The largest absolute Gasteiger partial charge is 0.494 e. The van der Waals surface area contributed by atoms with Crippen molar-refractivity contribution in [2.45, 2.75) is 84.2 Å². The zero-order valence-electron chi connectivity index (χ0n) is 20.3. The molecule has 1 aliphatic rings. The van der Waals surface area contributed by atoms with E-state index in [1.54, 1.807) is 12.1 Å². The Labute approximate surface area is 197 Å². The third kappa shape index (κ3) is 8.06. The van der Waals surface area contributed by atoms with Gasteiger partial charge in [0, 0.05) is 6.08 Å². The van der Waals surface area contributed by atoms with Crippen LogP contribution in [0.3, 0.4) is 0 Å². The number of aliphatic hydroxyl groups is 1. The molecular formula is C28H39F3O2. The van der Waals surface area contributed by atoms with Gasteiger partial charge < -0.3 is 9.84 Å². The fraction of sp³-hybridized carbons (Fsp3) is 0.571. The molecule has 1 saturated carbocycles. The molecule has 2 nitrogen and oxygen atoms in total. The molecule has 1 fully saturated rings. The molecular weight excluding hydrogens is 425 g/mol. The molecule has 1 N–H and O–H groups in total. The molecule has 0 heterocycles. The Bertz CT molecular complexity index is 838. The van der Waals surface area contributed by atoms with Crippen LogP contribution < -0.4 is 0 Å². The monoisotopic (exact) mass is 464 g/mol. The van der Waals surface area contributed by atoms with Crippen LogP contribution in [-0.2, 0) is 11.2 Å². The minimum atomic E-state index is -0.741. The average Bonchev–Trinajstić information content (AvgIpc) is 2.78. The van der Waals surface area contributed by atoms with E-state index >= 15 is 0 Å². The highest BCUT2D eigenvalue weighted by molar-refractivity contribution is 5.30. The Hall–Kier alpha value is -2.01. The highest BCUT2D eigenvalue weighted by Crippen LogP contribution is 2.35. The molecule has 0 amide bonds. The molecule has 2 unspecified atom stereocenters. The van der Waals surface area contributed by atoms with Crippen molar-refractivity contribution in [2.75, 3.05) is 6.61 Å². The second kappa shape index (κ2) is 13.0. The molecule has 1 aromatic carbocycles. The molecule has 2 rings (SSSR count). The maximum atomic E-state index is 14.7. The van der Waals surface area contributed by atoms with Gasteiger partial charge in [0.25, 0.3) is 0 Å². The number of allylic oxidation sites excluding steroid dienone is 3. The van der Waals surface area contributed by atoms with Gasteiger partial charge in [0.2, 0.25) is 0 Å². The summed E-state index contributed by atoms with van der Waals surface area (Å²) < 4.78 is 48.9. The van der Waals surface area contributed by atoms with Gasteiger partial charge in [-0.25, -0.2) is 13.2 Å². The number of hydrogen-bond acceptors (Lipinski definition) is 2. The summed E-state index contributed by atoms with van der Waals surface area (Å²) in [4.78, 5) is 0. The number of aliphatic hydroxyl groups excluding tert-OH is 1. The highest BCUT2D eigenvalue weighted by Gasteiger charge is 2.25. The summed E-state index contributed by atoms with van der Waals surface area (Å²) in [5.74, 6) is -1.40. The standard InChI is InChI=1S/C28H39F3O2/c1-6-33-20(4)17-26(29)21(5)19(3)9-7-18(2)8-10-23-13-16-25(28(31)27(23)30)22-11-14-24(32)15-12-22/h13,16-19,22,24,32H,4-12,14-15H2,1-3H3/b26-17+. The Kier molecular flexibility index (Phi) is 10.7. The summed E-state index contributed by atoms with van der Waals surface area (Å²) in [6.07, 6.45) is 6.38. The third-order valence-corrected chi connectivity index (χ3v) is 6.85. The number of aryl methyl sites for hydroxylation is 1. The van der Waals surface area contributed by atoms with Gasteiger partial charge in [-0.2, -0.15) is 0 Å². The van der Waals surface area contributed by atoms with Crippen molar-refractivity contribution >= 4 is 0 Å². The number of hydrogen-bond donors (Lipinski definition) is 1. The molecule has 0 aromatic heterocycles. The van der Waals surface area contributed by atoms with Crippen LogP contribution in [0.4, 0.5) is 13.2 Å². The number of ether oxygens (including phenoxy) is 1. The van der Waals surface area contributed by atoms with E-state index in [-0.39, 0.29) is 29.6 Å². The van der Waals surface area contributed by atoms with Crippen molar-refractivity contribution in [1.29, 1.82) is 0 Å². The molecule has 0 radical (unpaired) electrons. The van der Waals surface area contributed by atoms with E-state index in [1.165, 1.54) is 6.08 Å². The third-order valence-electron chi connectivity index (χ3n) is 6.85. The Morgan fingerprint density at radius 3 is 2.39 bits per heavy atom. The molecule has 0 spiro atoms. The maximum Gasteiger partial charge on any atom is 0.162 e. The van der Waals surface area contributed by atoms with E-state index in [0.29, 0.717) is 55.4 Å². The Morgan fingerprint density at radius 1 is 1.09 bits per heavy atom. The summed E-state index contributed by atoms with van der Waals surface area (Å²) in [5.41, 5.74) is 1.26. The topological polar surface area (TPSA) is 29.5 Å². The smallest absolute Gasteiger partial charge is 0.162 e. The van der Waals surface area contributed by atoms with Gasteiger partial charge in [0.1, 0.15) is 11.6 Å². The lowest BCUT2D eigenvalue weighted by atomic mass is 9.82. The van der Waals surface area contributed by atoms with Crippen LogP contribution in [0.2, 0.25) is 0 Å². The summed E-state index contributed by atoms with van der Waals surface area (Å²) in [6.45, 7) is 13.8. The van der Waals surface area contributed by atoms with Crippen LogP contribution in [0.25, 0.3) is 0 Å². The highest BCUT2D eigenvalue weighted by atomic mass is 19.2. The summed E-state index contributed by atoms with van der Waals surface area (Å²) in [7, 11) is 0. The van der Waals surface area contributed by atoms with Gasteiger partial charge in [-0.1, -0.05) is 45.6 Å². The lowest BCUT2D eigenvalue weighted by Crippen LogP contribution is -2.18. The van der Waals surface area contributed by atoms with Gasteiger partial charge in [0.05, 0.1) is 12.7 Å². The molecule has 0 saturated heterocycles. The summed E-state index contributed by atoms with van der Waals surface area (Å²) in [5, 5.41) is 9.65. The lowest BCUT2D eigenvalue weighted by Gasteiger charge is -2.26. The van der Waals surface area contributed by atoms with Crippen molar-refractivity contribution in [3.8, 4) is 0 Å². The second-order valence-electron chi connectivity index (χ2n) is 9.49. The minimum absolute atomic E-state index is 0.0226. The van der Waals surface area contributed by atoms with Gasteiger partial charge in [0.15, 0.2) is 11.6 Å². The van der Waals surface area contributed by atoms with E-state index in [9.17, 15) is 18.3 Å². The number of rotatable bonds is 12. The van der Waals surface area contributed by atoms with Gasteiger partial charge in [-0.15, -0.1) is 0 Å². The van der Waals surface area contributed by atoms with Crippen LogP contribution >= 0.6 is 0 Å². The molecule has 1 aliphatic carbocycles. The molecule has 33 heavy (non-hydrogen) atoms. The Morgan fingerprint density at radius 2 is 1.76 bits per heavy atom. The van der Waals surface area contributed by atoms with Gasteiger partial charge in [-0.3, -0.25) is 0 Å². The summed E-state index contributed by atoms with van der Waals surface area (Å²) >= 11 is 0. The van der Waals surface area contributed by atoms with E-state index in [1.807, 2.05) is 13.8 Å². The van der Waals surface area contributed by atoms with Gasteiger partial charge in [-0.05, 0) is 86.3 Å². The van der Waals surface area contributed by atoms with Crippen LogP contribution in [0.15, 0.2) is 48.5 Å². The van der Waals surface area contributed by atoms with Crippen LogP contribution in [0.5, 0.6) is 0 Å². The minimum Gasteiger partial charge on any atom is -0.494 e. The molecule has 0 bridgehead atoms. The van der Waals surface area contributed by atoms with E-state index in [4.69, 9.17) is 4.74 Å². The SMILES string of the molecule is C=C(/C=C(/F)C(=C)C(C)CCC(C)CCc1ccc(C2CCC(O)CC2)c(F)c1F)OCC. The fourth-order valence-electron chi connectivity index (χ4n) is 4.45. The normalized spacial score (nSPS) is 20.9. The molecule has 1 aromatic rings. The van der Waals surface area contributed by atoms with Crippen molar-refractivity contribution in [3.63, 3.8) is 0 Å². The average molecular weight is 465 g/mol. The first-order valence-corrected chi connectivity index (χ1v) is 12.2. The van der Waals surface area contributed by atoms with Crippen LogP contribution in [0.1, 0.15) is 82.8 Å². The van der Waals surface area contributed by atoms with Crippen molar-refractivity contribution in [2.24, 2.45) is 11.8 Å². The number of halogens is 3. The lowest BCUT2D eigenvalue weighted by molar-refractivity contribution is 0.122.